The van der Waals surface area contributed by atoms with Gasteiger partial charge in [-0.15, -0.1) is 0 Å². The van der Waals surface area contributed by atoms with Gasteiger partial charge >= 0.3 is 0 Å². The Morgan fingerprint density at radius 2 is 1.79 bits per heavy atom. The summed E-state index contributed by atoms with van der Waals surface area (Å²) in [6.07, 6.45) is 5.51. The molecule has 28 heavy (non-hydrogen) atoms. The third kappa shape index (κ3) is 2.78. The zero-order valence-electron chi connectivity index (χ0n) is 15.3. The number of nitrogens with zero attached hydrogens (tertiary/aromatic N) is 1. The third-order valence-electron chi connectivity index (χ3n) is 5.91. The SMILES string of the molecule is O=[N+]([O-])c1cccc([C@@H]2Nc3ccc(-c4ccccc4)cc3[C@H]3C=CC[C@@H]32)c1. The predicted octanol–water partition coefficient (Wildman–Crippen LogP) is 6.09. The molecule has 0 radical (unpaired) electrons. The molecule has 1 aliphatic carbocycles. The molecule has 138 valence electrons. The summed E-state index contributed by atoms with van der Waals surface area (Å²) >= 11 is 0. The van der Waals surface area contributed by atoms with E-state index in [0.29, 0.717) is 11.8 Å². The maximum Gasteiger partial charge on any atom is 0.269 e. The maximum atomic E-state index is 11.2. The first-order valence-electron chi connectivity index (χ1n) is 9.57. The summed E-state index contributed by atoms with van der Waals surface area (Å²) in [4.78, 5) is 10.9. The molecule has 5 rings (SSSR count). The average Bonchev–Trinajstić information content (AvgIpc) is 3.24. The van der Waals surface area contributed by atoms with Crippen molar-refractivity contribution in [1.29, 1.82) is 0 Å². The topological polar surface area (TPSA) is 55.2 Å². The number of allylic oxidation sites excluding steroid dienone is 2. The fourth-order valence-corrected chi connectivity index (χ4v) is 4.57. The monoisotopic (exact) mass is 368 g/mol. The van der Waals surface area contributed by atoms with Gasteiger partial charge in [0.1, 0.15) is 0 Å². The zero-order chi connectivity index (χ0) is 19.1. The molecular formula is C24H20N2O2. The van der Waals surface area contributed by atoms with Gasteiger partial charge in [0.2, 0.25) is 0 Å². The van der Waals surface area contributed by atoms with Crippen molar-refractivity contribution < 1.29 is 4.92 Å². The number of nitro benzene ring substituents is 1. The lowest BCUT2D eigenvalue weighted by Crippen LogP contribution is -2.29. The van der Waals surface area contributed by atoms with E-state index in [0.717, 1.165) is 17.7 Å². The Labute approximate surface area is 163 Å². The maximum absolute atomic E-state index is 11.2. The number of non-ortho nitro benzene ring substituents is 1. The number of anilines is 1. The van der Waals surface area contributed by atoms with Crippen molar-refractivity contribution in [3.05, 3.63) is 106 Å². The minimum absolute atomic E-state index is 0.0648. The van der Waals surface area contributed by atoms with Gasteiger partial charge in [0.25, 0.3) is 5.69 Å². The third-order valence-corrected chi connectivity index (χ3v) is 5.91. The first-order valence-corrected chi connectivity index (χ1v) is 9.57. The first kappa shape index (κ1) is 16.8. The molecule has 3 atom stereocenters. The molecule has 0 saturated heterocycles. The largest absolute Gasteiger partial charge is 0.378 e. The van der Waals surface area contributed by atoms with Crippen molar-refractivity contribution in [1.82, 2.24) is 0 Å². The Bertz CT molecular complexity index is 1070. The van der Waals surface area contributed by atoms with Crippen LogP contribution in [0.1, 0.15) is 29.5 Å². The Kier molecular flexibility index (Phi) is 3.97. The Morgan fingerprint density at radius 3 is 2.61 bits per heavy atom. The molecule has 0 saturated carbocycles. The molecule has 1 aliphatic heterocycles. The van der Waals surface area contributed by atoms with E-state index in [9.17, 15) is 10.1 Å². The second kappa shape index (κ2) is 6.64. The average molecular weight is 368 g/mol. The number of fused-ring (bicyclic) bond motifs is 3. The lowest BCUT2D eigenvalue weighted by molar-refractivity contribution is -0.384. The Morgan fingerprint density at radius 1 is 0.929 bits per heavy atom. The van der Waals surface area contributed by atoms with Gasteiger partial charge in [0.15, 0.2) is 0 Å². The van der Waals surface area contributed by atoms with Gasteiger partial charge < -0.3 is 5.32 Å². The molecule has 3 aromatic rings. The summed E-state index contributed by atoms with van der Waals surface area (Å²) in [6, 6.07) is 24.1. The van der Waals surface area contributed by atoms with Crippen LogP contribution in [0.2, 0.25) is 0 Å². The Hall–Kier alpha value is -3.40. The second-order valence-corrected chi connectivity index (χ2v) is 7.50. The lowest BCUT2D eigenvalue weighted by atomic mass is 9.76. The molecule has 0 spiro atoms. The molecule has 0 unspecified atom stereocenters. The zero-order valence-corrected chi connectivity index (χ0v) is 15.3. The van der Waals surface area contributed by atoms with E-state index in [1.807, 2.05) is 12.1 Å². The molecule has 4 nitrogen and oxygen atoms in total. The predicted molar refractivity (Wildman–Crippen MR) is 111 cm³/mol. The molecule has 1 N–H and O–H groups in total. The van der Waals surface area contributed by atoms with E-state index < -0.39 is 0 Å². The number of hydrogen-bond donors (Lipinski definition) is 1. The van der Waals surface area contributed by atoms with Crippen LogP contribution in [0.15, 0.2) is 84.9 Å². The molecule has 4 heteroatoms. The molecule has 0 fully saturated rings. The summed E-state index contributed by atoms with van der Waals surface area (Å²) in [5.41, 5.74) is 5.97. The van der Waals surface area contributed by atoms with E-state index in [1.54, 1.807) is 18.2 Å². The highest BCUT2D eigenvalue weighted by atomic mass is 16.6. The number of benzene rings is 3. The van der Waals surface area contributed by atoms with E-state index in [2.05, 4.69) is 59.9 Å². The lowest BCUT2D eigenvalue weighted by Gasteiger charge is -2.37. The van der Waals surface area contributed by atoms with E-state index in [-0.39, 0.29) is 16.7 Å². The Balaban J connectivity index is 1.55. The normalized spacial score (nSPS) is 22.2. The summed E-state index contributed by atoms with van der Waals surface area (Å²) in [5.74, 6) is 0.685. The van der Waals surface area contributed by atoms with Crippen LogP contribution in [0, 0.1) is 16.0 Å². The first-order chi connectivity index (χ1) is 13.7. The molecule has 3 aromatic carbocycles. The molecule has 0 bridgehead atoms. The van der Waals surface area contributed by atoms with Crippen LogP contribution >= 0.6 is 0 Å². The van der Waals surface area contributed by atoms with Gasteiger partial charge in [-0.2, -0.15) is 0 Å². The quantitative estimate of drug-likeness (QED) is 0.346. The van der Waals surface area contributed by atoms with Crippen molar-refractivity contribution in [3.63, 3.8) is 0 Å². The highest BCUT2D eigenvalue weighted by Crippen LogP contribution is 2.50. The van der Waals surface area contributed by atoms with Gasteiger partial charge in [-0.1, -0.05) is 60.7 Å². The van der Waals surface area contributed by atoms with Crippen LogP contribution in [0.5, 0.6) is 0 Å². The fraction of sp³-hybridized carbons (Fsp3) is 0.167. The molecule has 0 aromatic heterocycles. The van der Waals surface area contributed by atoms with Crippen LogP contribution in [0.4, 0.5) is 11.4 Å². The standard InChI is InChI=1S/C24H20N2O2/c27-26(28)19-9-4-8-18(14-19)24-21-11-5-10-20(21)22-15-17(12-13-23(22)25-24)16-6-2-1-3-7-16/h1-10,12-15,20-21,24-25H,11H2/t20-,21-,24-/m0/s1. The number of nitro groups is 1. The second-order valence-electron chi connectivity index (χ2n) is 7.50. The summed E-state index contributed by atoms with van der Waals surface area (Å²) in [6.45, 7) is 0. The summed E-state index contributed by atoms with van der Waals surface area (Å²) in [5, 5.41) is 14.9. The van der Waals surface area contributed by atoms with E-state index >= 15 is 0 Å². The fourth-order valence-electron chi connectivity index (χ4n) is 4.57. The van der Waals surface area contributed by atoms with Gasteiger partial charge in [0, 0.05) is 23.7 Å². The molecular weight excluding hydrogens is 348 g/mol. The summed E-state index contributed by atoms with van der Waals surface area (Å²) in [7, 11) is 0. The van der Waals surface area contributed by atoms with Crippen LogP contribution in [-0.2, 0) is 0 Å². The molecule has 1 heterocycles. The molecule has 0 amide bonds. The smallest absolute Gasteiger partial charge is 0.269 e. The van der Waals surface area contributed by atoms with Crippen LogP contribution in [-0.4, -0.2) is 4.92 Å². The highest BCUT2D eigenvalue weighted by molar-refractivity contribution is 5.71. The van der Waals surface area contributed by atoms with Gasteiger partial charge in [-0.25, -0.2) is 0 Å². The van der Waals surface area contributed by atoms with Crippen LogP contribution in [0.3, 0.4) is 0 Å². The molecule has 2 aliphatic rings. The number of nitrogens with one attached hydrogen (secondary N) is 1. The van der Waals surface area contributed by atoms with Gasteiger partial charge in [-0.05, 0) is 46.7 Å². The number of hydrogen-bond acceptors (Lipinski definition) is 3. The summed E-state index contributed by atoms with van der Waals surface area (Å²) < 4.78 is 0. The van der Waals surface area contributed by atoms with Crippen molar-refractivity contribution >= 4 is 11.4 Å². The van der Waals surface area contributed by atoms with E-state index in [1.165, 1.54) is 16.7 Å². The van der Waals surface area contributed by atoms with Crippen molar-refractivity contribution in [2.45, 2.75) is 18.4 Å². The van der Waals surface area contributed by atoms with Crippen molar-refractivity contribution in [3.8, 4) is 11.1 Å². The van der Waals surface area contributed by atoms with Gasteiger partial charge in [0.05, 0.1) is 11.0 Å². The van der Waals surface area contributed by atoms with E-state index in [4.69, 9.17) is 0 Å². The van der Waals surface area contributed by atoms with Crippen molar-refractivity contribution in [2.75, 3.05) is 5.32 Å². The minimum atomic E-state index is -0.323. The highest BCUT2D eigenvalue weighted by Gasteiger charge is 2.38. The van der Waals surface area contributed by atoms with Crippen LogP contribution < -0.4 is 5.32 Å². The van der Waals surface area contributed by atoms with Crippen LogP contribution in [0.25, 0.3) is 11.1 Å². The van der Waals surface area contributed by atoms with Crippen molar-refractivity contribution in [2.24, 2.45) is 5.92 Å². The van der Waals surface area contributed by atoms with Gasteiger partial charge in [-0.3, -0.25) is 10.1 Å². The minimum Gasteiger partial charge on any atom is -0.378 e. The number of rotatable bonds is 3.